The smallest absolute Gasteiger partial charge is 0.264 e. The van der Waals surface area contributed by atoms with Crippen molar-refractivity contribution in [3.63, 3.8) is 0 Å². The molecule has 2 aromatic carbocycles. The summed E-state index contributed by atoms with van der Waals surface area (Å²) in [6.45, 7) is 15.6. The predicted molar refractivity (Wildman–Crippen MR) is 197 cm³/mol. The molecule has 2 aliphatic heterocycles. The number of fused-ring (bicyclic) bond motifs is 1. The number of aromatic nitrogens is 1. The molecule has 0 N–H and O–H groups in total. The van der Waals surface area contributed by atoms with Crippen molar-refractivity contribution < 1.29 is 19.0 Å². The van der Waals surface area contributed by atoms with E-state index in [1.54, 1.807) is 31.9 Å². The minimum atomic E-state index is -0.259. The number of ether oxygens (including phenoxy) is 3. The Morgan fingerprint density at radius 2 is 1.68 bits per heavy atom. The van der Waals surface area contributed by atoms with E-state index in [-0.39, 0.29) is 28.5 Å². The maximum atomic E-state index is 13.4. The van der Waals surface area contributed by atoms with Gasteiger partial charge in [0.1, 0.15) is 28.9 Å². The number of rotatable bonds is 9. The Bertz CT molecular complexity index is 1850. The highest BCUT2D eigenvalue weighted by atomic mass is 16.5. The van der Waals surface area contributed by atoms with E-state index in [4.69, 9.17) is 14.2 Å². The third kappa shape index (κ3) is 7.76. The molecular weight excluding hydrogens is 628 g/mol. The van der Waals surface area contributed by atoms with Gasteiger partial charge in [-0.3, -0.25) is 14.5 Å². The fourth-order valence-corrected chi connectivity index (χ4v) is 7.28. The predicted octanol–water partition coefficient (Wildman–Crippen LogP) is 6.92. The van der Waals surface area contributed by atoms with Crippen molar-refractivity contribution in [3.8, 4) is 34.4 Å². The van der Waals surface area contributed by atoms with Gasteiger partial charge < -0.3 is 23.7 Å². The summed E-state index contributed by atoms with van der Waals surface area (Å²) in [6, 6.07) is 12.2. The summed E-state index contributed by atoms with van der Waals surface area (Å²) in [5.74, 6) is 2.66. The average Bonchev–Trinajstić information content (AvgIpc) is 3.10. The van der Waals surface area contributed by atoms with Crippen LogP contribution in [-0.2, 0) is 24.8 Å². The molecule has 1 aromatic heterocycles. The summed E-state index contributed by atoms with van der Waals surface area (Å²) in [7, 11) is 5.16. The molecule has 1 atom stereocenters. The van der Waals surface area contributed by atoms with Gasteiger partial charge in [0.25, 0.3) is 11.5 Å². The summed E-state index contributed by atoms with van der Waals surface area (Å²) < 4.78 is 19.9. The lowest BCUT2D eigenvalue weighted by atomic mass is 9.90. The summed E-state index contributed by atoms with van der Waals surface area (Å²) in [5.41, 5.74) is 6.83. The fourth-order valence-electron chi connectivity index (χ4n) is 7.28. The number of carbonyl (C=O) groups excluding carboxylic acids is 1. The van der Waals surface area contributed by atoms with Crippen LogP contribution in [0, 0.1) is 36.5 Å². The van der Waals surface area contributed by atoms with E-state index in [0.717, 1.165) is 82.1 Å². The van der Waals surface area contributed by atoms with E-state index in [0.29, 0.717) is 32.0 Å². The van der Waals surface area contributed by atoms with Crippen molar-refractivity contribution >= 4 is 5.91 Å². The van der Waals surface area contributed by atoms with E-state index >= 15 is 0 Å². The Balaban J connectivity index is 1.22. The van der Waals surface area contributed by atoms with Gasteiger partial charge in [0.2, 0.25) is 0 Å². The van der Waals surface area contributed by atoms with Crippen LogP contribution in [0.2, 0.25) is 0 Å². The van der Waals surface area contributed by atoms with E-state index in [9.17, 15) is 14.9 Å². The maximum Gasteiger partial charge on any atom is 0.264 e. The number of likely N-dealkylation sites (tertiary alicyclic amines) is 1. The summed E-state index contributed by atoms with van der Waals surface area (Å²) in [5, 5.41) is 9.72. The monoisotopic (exact) mass is 680 g/mol. The van der Waals surface area contributed by atoms with Crippen LogP contribution in [0.15, 0.2) is 53.0 Å². The molecule has 0 aliphatic carbocycles. The fraction of sp³-hybridized carbons (Fsp3) is 0.488. The lowest BCUT2D eigenvalue weighted by Gasteiger charge is -2.36. The molecule has 3 heterocycles. The van der Waals surface area contributed by atoms with Crippen LogP contribution in [0.1, 0.15) is 74.4 Å². The van der Waals surface area contributed by atoms with Crippen LogP contribution in [0.5, 0.6) is 17.2 Å². The molecule has 0 bridgehead atoms. The van der Waals surface area contributed by atoms with E-state index in [2.05, 4.69) is 17.0 Å². The quantitative estimate of drug-likeness (QED) is 0.179. The largest absolute Gasteiger partial charge is 0.496 e. The Hall–Kier alpha value is -4.55. The molecule has 1 unspecified atom stereocenters. The van der Waals surface area contributed by atoms with Gasteiger partial charge in [-0.05, 0) is 99.3 Å². The van der Waals surface area contributed by atoms with Crippen molar-refractivity contribution in [3.05, 3.63) is 86.3 Å². The number of pyridine rings is 1. The average molecular weight is 681 g/mol. The van der Waals surface area contributed by atoms with Crippen molar-refractivity contribution in [2.24, 2.45) is 18.4 Å². The zero-order valence-corrected chi connectivity index (χ0v) is 31.2. The second-order valence-electron chi connectivity index (χ2n) is 14.9. The molecule has 2 aliphatic rings. The topological polar surface area (TPSA) is 97.0 Å². The molecule has 1 saturated heterocycles. The summed E-state index contributed by atoms with van der Waals surface area (Å²) in [4.78, 5) is 30.1. The number of nitrogens with zero attached hydrogens (tertiary/aromatic N) is 4. The first kappa shape index (κ1) is 36.7. The maximum absolute atomic E-state index is 13.4. The Morgan fingerprint density at radius 1 is 1.02 bits per heavy atom. The third-order valence-electron chi connectivity index (χ3n) is 10.3. The lowest BCUT2D eigenvalue weighted by molar-refractivity contribution is -0.129. The number of amides is 1. The lowest BCUT2D eigenvalue weighted by Crippen LogP contribution is -2.40. The van der Waals surface area contributed by atoms with Crippen LogP contribution >= 0.6 is 0 Å². The van der Waals surface area contributed by atoms with Gasteiger partial charge in [0, 0.05) is 43.0 Å². The highest BCUT2D eigenvalue weighted by Gasteiger charge is 2.32. The number of methoxy groups -OCH3 is 2. The molecule has 9 heteroatoms. The van der Waals surface area contributed by atoms with Crippen LogP contribution in [-0.4, -0.2) is 60.7 Å². The standard InChI is InChI=1S/C41H52N4O5/c1-26-27(2)39(46)43(7)23-34(26)30-19-37(48-8)35(38(20-30)49-9)24-44-16-13-29(14-17-44)25-50-36-12-10-11-32-28(3)45(18-15-33(32)36)40(47)31(22-42)21-41(4,5)6/h10-12,19-21,23,28-29H,13-18,24-25H2,1-9H3. The Morgan fingerprint density at radius 3 is 2.28 bits per heavy atom. The van der Waals surface area contributed by atoms with Crippen molar-refractivity contribution in [2.75, 3.05) is 40.5 Å². The molecule has 1 fully saturated rings. The number of aryl methyl sites for hydroxylation is 1. The van der Waals surface area contributed by atoms with Crippen molar-refractivity contribution in [1.29, 1.82) is 5.26 Å². The molecule has 0 saturated carbocycles. The van der Waals surface area contributed by atoms with Crippen LogP contribution in [0.25, 0.3) is 11.1 Å². The molecule has 9 nitrogen and oxygen atoms in total. The van der Waals surface area contributed by atoms with E-state index in [1.807, 2.05) is 76.9 Å². The minimum absolute atomic E-state index is 0.00799. The highest BCUT2D eigenvalue weighted by Crippen LogP contribution is 2.39. The molecule has 5 rings (SSSR count). The summed E-state index contributed by atoms with van der Waals surface area (Å²) in [6.07, 6.45) is 6.38. The SMILES string of the molecule is COc1cc(-c2cn(C)c(=O)c(C)c2C)cc(OC)c1CN1CCC(COc2cccc3c2CCN(C(=O)C(C#N)=CC(C)(C)C)C3C)CC1. The number of hydrogen-bond acceptors (Lipinski definition) is 7. The zero-order chi connectivity index (χ0) is 36.3. The van der Waals surface area contributed by atoms with Gasteiger partial charge in [0.05, 0.1) is 32.4 Å². The first-order valence-electron chi connectivity index (χ1n) is 17.6. The highest BCUT2D eigenvalue weighted by molar-refractivity contribution is 5.97. The van der Waals surface area contributed by atoms with Gasteiger partial charge >= 0.3 is 0 Å². The molecule has 1 amide bonds. The van der Waals surface area contributed by atoms with E-state index in [1.165, 1.54) is 0 Å². The third-order valence-corrected chi connectivity index (χ3v) is 10.3. The second kappa shape index (κ2) is 15.1. The van der Waals surface area contributed by atoms with E-state index < -0.39 is 0 Å². The first-order chi connectivity index (χ1) is 23.8. The molecule has 3 aromatic rings. The van der Waals surface area contributed by atoms with Crippen LogP contribution < -0.4 is 19.8 Å². The Labute approximate surface area is 297 Å². The number of hydrogen-bond donors (Lipinski definition) is 0. The molecule has 0 spiro atoms. The van der Waals surface area contributed by atoms with Gasteiger partial charge in [-0.25, -0.2) is 0 Å². The van der Waals surface area contributed by atoms with Gasteiger partial charge in [-0.1, -0.05) is 39.0 Å². The number of nitriles is 1. The number of benzene rings is 2. The van der Waals surface area contributed by atoms with Gasteiger partial charge in [0.15, 0.2) is 0 Å². The normalized spacial score (nSPS) is 17.2. The van der Waals surface area contributed by atoms with Crippen molar-refractivity contribution in [2.45, 2.75) is 73.4 Å². The van der Waals surface area contributed by atoms with Crippen molar-refractivity contribution in [1.82, 2.24) is 14.4 Å². The summed E-state index contributed by atoms with van der Waals surface area (Å²) >= 11 is 0. The van der Waals surface area contributed by atoms with Crippen LogP contribution in [0.4, 0.5) is 0 Å². The molecular formula is C41H52N4O5. The number of carbonyl (C=O) groups is 1. The Kier molecular flexibility index (Phi) is 11.1. The minimum Gasteiger partial charge on any atom is -0.496 e. The number of allylic oxidation sites excluding steroid dienone is 1. The van der Waals surface area contributed by atoms with Crippen LogP contribution in [0.3, 0.4) is 0 Å². The number of piperidine rings is 1. The first-order valence-corrected chi connectivity index (χ1v) is 17.6. The molecule has 266 valence electrons. The second-order valence-corrected chi connectivity index (χ2v) is 14.9. The molecule has 50 heavy (non-hydrogen) atoms. The molecule has 0 radical (unpaired) electrons. The zero-order valence-electron chi connectivity index (χ0n) is 31.2. The van der Waals surface area contributed by atoms with Gasteiger partial charge in [-0.2, -0.15) is 5.26 Å². The van der Waals surface area contributed by atoms with Gasteiger partial charge in [-0.15, -0.1) is 0 Å².